The smallest absolute Gasteiger partial charge is 0.260 e. The van der Waals surface area contributed by atoms with E-state index < -0.39 is 46.8 Å². The number of nitrogens with one attached hydrogen (secondary N) is 1. The number of ether oxygens (including phenoxy) is 1. The van der Waals surface area contributed by atoms with Gasteiger partial charge in [-0.15, -0.1) is 0 Å². The Morgan fingerprint density at radius 1 is 0.820 bits per heavy atom. The Bertz CT molecular complexity index is 2630. The van der Waals surface area contributed by atoms with E-state index in [0.29, 0.717) is 33.9 Å². The first-order valence-electron chi connectivity index (χ1n) is 20.1. The van der Waals surface area contributed by atoms with Crippen molar-refractivity contribution in [3.8, 4) is 11.5 Å². The third-order valence-electron chi connectivity index (χ3n) is 12.8. The van der Waals surface area contributed by atoms with Crippen LogP contribution in [0.2, 0.25) is 5.02 Å². The number of fused-ring (bicyclic) bond motifs is 4. The van der Waals surface area contributed by atoms with Gasteiger partial charge in [-0.2, -0.15) is 15.2 Å². The molecule has 6 atom stereocenters. The second kappa shape index (κ2) is 15.3. The van der Waals surface area contributed by atoms with E-state index in [1.54, 1.807) is 48.5 Å². The van der Waals surface area contributed by atoms with Crippen LogP contribution in [0.5, 0.6) is 11.5 Å². The summed E-state index contributed by atoms with van der Waals surface area (Å²) in [4.78, 5) is 62.8. The molecule has 2 saturated heterocycles. The van der Waals surface area contributed by atoms with Crippen molar-refractivity contribution >= 4 is 63.7 Å². The van der Waals surface area contributed by atoms with Gasteiger partial charge in [0.25, 0.3) is 11.8 Å². The van der Waals surface area contributed by atoms with Gasteiger partial charge < -0.3 is 14.7 Å². The minimum absolute atomic E-state index is 0.000408. The molecule has 2 aliphatic carbocycles. The van der Waals surface area contributed by atoms with Crippen LogP contribution in [0.3, 0.4) is 0 Å². The molecule has 4 amide bonds. The van der Waals surface area contributed by atoms with Crippen molar-refractivity contribution < 1.29 is 29.0 Å². The average molecular weight is 835 g/mol. The maximum absolute atomic E-state index is 15.4. The van der Waals surface area contributed by atoms with Gasteiger partial charge in [-0.25, -0.2) is 0 Å². The first-order valence-corrected chi connectivity index (χ1v) is 20.5. The molecule has 2 aliphatic heterocycles. The summed E-state index contributed by atoms with van der Waals surface area (Å²) in [6.45, 7) is 1.95. The van der Waals surface area contributed by atoms with Crippen LogP contribution in [0.25, 0.3) is 0 Å². The highest BCUT2D eigenvalue weighted by Gasteiger charge is 2.70. The van der Waals surface area contributed by atoms with Crippen LogP contribution < -0.4 is 20.0 Å². The quantitative estimate of drug-likeness (QED) is 0.0851. The summed E-state index contributed by atoms with van der Waals surface area (Å²) < 4.78 is 5.57. The van der Waals surface area contributed by atoms with E-state index in [2.05, 4.69) is 15.7 Å². The van der Waals surface area contributed by atoms with Gasteiger partial charge in [0.2, 0.25) is 11.8 Å². The van der Waals surface area contributed by atoms with Crippen molar-refractivity contribution in [2.75, 3.05) is 36.4 Å². The fourth-order valence-corrected chi connectivity index (χ4v) is 10.1. The summed E-state index contributed by atoms with van der Waals surface area (Å²) in [5.74, 6) is -5.74. The lowest BCUT2D eigenvalue weighted by Crippen LogP contribution is -2.53. The van der Waals surface area contributed by atoms with Crippen LogP contribution in [-0.4, -0.2) is 54.9 Å². The van der Waals surface area contributed by atoms with E-state index in [9.17, 15) is 19.5 Å². The summed E-state index contributed by atoms with van der Waals surface area (Å²) in [7, 11) is 5.33. The zero-order chi connectivity index (χ0) is 42.7. The van der Waals surface area contributed by atoms with Crippen LogP contribution in [0.15, 0.2) is 137 Å². The minimum Gasteiger partial charge on any atom is -0.503 e. The number of amides is 4. The number of rotatable bonds is 9. The van der Waals surface area contributed by atoms with E-state index in [1.165, 1.54) is 12.0 Å². The number of hydrazine groups is 1. The van der Waals surface area contributed by atoms with Crippen LogP contribution in [0.1, 0.15) is 35.4 Å². The molecule has 12 nitrogen and oxygen atoms in total. The van der Waals surface area contributed by atoms with E-state index in [4.69, 9.17) is 16.3 Å². The first kappa shape index (κ1) is 39.7. The standard InChI is InChI=1S/C48H43ClN6O6/c1-27-10-12-32(13-11-27)52-55-45(58)38-26-37-35(42(28-24-39(49)43(56)40(25-28)61-4)48(38,47(55)60)29-8-6-5-7-9-29)22-23-36-41(37)46(59)54(44(36)57)34-20-16-31(17-21-34)51-50-30-14-18-33(19-15-30)53(2)3/h5-22,24-25,36-38,41-42,52,56H,23,26H2,1-4H3/t36-,37+,38-,41-,42-,48+/m0/s1. The van der Waals surface area contributed by atoms with Gasteiger partial charge in [0, 0.05) is 25.7 Å². The zero-order valence-corrected chi connectivity index (χ0v) is 34.7. The summed E-state index contributed by atoms with van der Waals surface area (Å²) in [5, 5.41) is 20.7. The normalized spacial score (nSPS) is 24.4. The third kappa shape index (κ3) is 6.44. The van der Waals surface area contributed by atoms with Crippen molar-refractivity contribution in [1.82, 2.24) is 5.01 Å². The van der Waals surface area contributed by atoms with Gasteiger partial charge >= 0.3 is 0 Å². The molecule has 2 N–H and O–H groups in total. The maximum atomic E-state index is 15.4. The summed E-state index contributed by atoms with van der Waals surface area (Å²) in [5.41, 5.74) is 7.71. The number of benzene rings is 5. The molecule has 0 spiro atoms. The number of hydrogen-bond donors (Lipinski definition) is 2. The number of aromatic hydroxyl groups is 1. The van der Waals surface area contributed by atoms with Crippen molar-refractivity contribution in [2.24, 2.45) is 33.9 Å². The number of hydrogen-bond acceptors (Lipinski definition) is 10. The van der Waals surface area contributed by atoms with Crippen molar-refractivity contribution in [3.63, 3.8) is 0 Å². The number of nitrogens with zero attached hydrogens (tertiary/aromatic N) is 5. The van der Waals surface area contributed by atoms with Crippen LogP contribution in [0, 0.1) is 30.6 Å². The molecule has 9 rings (SSSR count). The van der Waals surface area contributed by atoms with Crippen LogP contribution in [0.4, 0.5) is 28.4 Å². The average Bonchev–Trinajstić information content (AvgIpc) is 3.65. The number of methoxy groups -OCH3 is 1. The summed E-state index contributed by atoms with van der Waals surface area (Å²) >= 11 is 6.69. The van der Waals surface area contributed by atoms with Gasteiger partial charge in [0.1, 0.15) is 0 Å². The third-order valence-corrected chi connectivity index (χ3v) is 13.0. The molecule has 1 saturated carbocycles. The van der Waals surface area contributed by atoms with E-state index >= 15 is 4.79 Å². The Morgan fingerprint density at radius 3 is 2.11 bits per heavy atom. The van der Waals surface area contributed by atoms with Gasteiger partial charge in [-0.1, -0.05) is 71.3 Å². The zero-order valence-electron chi connectivity index (χ0n) is 34.0. The Balaban J connectivity index is 1.12. The minimum atomic E-state index is -1.51. The molecule has 2 heterocycles. The molecule has 5 aromatic carbocycles. The monoisotopic (exact) mass is 834 g/mol. The number of aryl methyl sites for hydroxylation is 1. The van der Waals surface area contributed by atoms with Crippen LogP contribution in [-0.2, 0) is 24.6 Å². The summed E-state index contributed by atoms with van der Waals surface area (Å²) in [6.07, 6.45) is 2.33. The summed E-state index contributed by atoms with van der Waals surface area (Å²) in [6, 6.07) is 34.3. The lowest BCUT2D eigenvalue weighted by Gasteiger charge is -2.50. The molecule has 0 bridgehead atoms. The molecular weight excluding hydrogens is 792 g/mol. The molecule has 0 unspecified atom stereocenters. The van der Waals surface area contributed by atoms with Gasteiger partial charge in [-0.3, -0.25) is 29.5 Å². The number of phenols is 1. The van der Waals surface area contributed by atoms with Crippen LogP contribution >= 0.6 is 11.6 Å². The molecule has 4 aliphatic rings. The first-order chi connectivity index (χ1) is 29.4. The highest BCUT2D eigenvalue weighted by atomic mass is 35.5. The number of azo groups is 1. The Hall–Kier alpha value is -6.79. The SMILES string of the molecule is COc1cc([C@H]2C3=CC[C@@H]4C(=O)N(c5ccc(N=Nc6ccc(N(C)C)cc6)cc5)C(=O)[C@@H]4[C@@H]3C[C@H]3C(=O)N(Nc4ccc(C)cc4)C(=O)[C@@]23c2ccccc2)cc(Cl)c1O. The fourth-order valence-electron chi connectivity index (χ4n) is 9.89. The van der Waals surface area contributed by atoms with Crippen molar-refractivity contribution in [2.45, 2.75) is 31.1 Å². The number of halogens is 1. The Morgan fingerprint density at radius 2 is 1.48 bits per heavy atom. The second-order valence-electron chi connectivity index (χ2n) is 16.3. The molecular formula is C48H43ClN6O6. The molecule has 3 fully saturated rings. The lowest BCUT2D eigenvalue weighted by molar-refractivity contribution is -0.138. The van der Waals surface area contributed by atoms with Crippen molar-refractivity contribution in [1.29, 1.82) is 0 Å². The second-order valence-corrected chi connectivity index (χ2v) is 16.7. The molecule has 5 aromatic rings. The van der Waals surface area contributed by atoms with E-state index in [-0.39, 0.29) is 41.2 Å². The predicted molar refractivity (Wildman–Crippen MR) is 232 cm³/mol. The van der Waals surface area contributed by atoms with Gasteiger partial charge in [0.15, 0.2) is 11.5 Å². The molecule has 308 valence electrons. The number of imide groups is 2. The predicted octanol–water partition coefficient (Wildman–Crippen LogP) is 9.03. The number of carbonyl (C=O) groups is 4. The highest BCUT2D eigenvalue weighted by molar-refractivity contribution is 6.32. The lowest BCUT2D eigenvalue weighted by atomic mass is 9.49. The number of allylic oxidation sites excluding steroid dienone is 2. The largest absolute Gasteiger partial charge is 0.503 e. The number of anilines is 3. The molecule has 61 heavy (non-hydrogen) atoms. The fraction of sp³-hybridized carbons (Fsp3) is 0.250. The van der Waals surface area contributed by atoms with Gasteiger partial charge in [0.05, 0.1) is 58.1 Å². The van der Waals surface area contributed by atoms with Gasteiger partial charge in [-0.05, 0) is 110 Å². The Labute approximate surface area is 358 Å². The molecule has 0 aromatic heterocycles. The topological polar surface area (TPSA) is 144 Å². The molecule has 0 radical (unpaired) electrons. The molecule has 13 heteroatoms. The van der Waals surface area contributed by atoms with E-state index in [0.717, 1.165) is 21.8 Å². The number of phenolic OH excluding ortho intramolecular Hbond substituents is 1. The van der Waals surface area contributed by atoms with Crippen molar-refractivity contribution in [3.05, 3.63) is 149 Å². The Kier molecular flexibility index (Phi) is 9.98. The highest BCUT2D eigenvalue weighted by Crippen LogP contribution is 2.64. The van der Waals surface area contributed by atoms with E-state index in [1.807, 2.05) is 98.7 Å². The number of carbonyl (C=O) groups excluding carboxylic acids is 4. The maximum Gasteiger partial charge on any atom is 0.260 e.